The summed E-state index contributed by atoms with van der Waals surface area (Å²) in [5, 5.41) is 53.6. The summed E-state index contributed by atoms with van der Waals surface area (Å²) in [5.41, 5.74) is -2.25. The molecule has 20 nitrogen and oxygen atoms in total. The van der Waals surface area contributed by atoms with Crippen molar-refractivity contribution >= 4 is 52.1 Å². The lowest BCUT2D eigenvalue weighted by Crippen LogP contribution is -2.39. The lowest BCUT2D eigenvalue weighted by molar-refractivity contribution is 0.0674. The number of aromatic nitrogens is 2. The number of pyridine rings is 2. The van der Waals surface area contributed by atoms with Crippen LogP contribution in [0.1, 0.15) is 362 Å². The first-order valence-electron chi connectivity index (χ1n) is 44.9. The van der Waals surface area contributed by atoms with E-state index in [2.05, 4.69) is 126 Å². The molecular weight excluding hydrogens is 1430 g/mol. The molecule has 0 radical (unpaired) electrons. The van der Waals surface area contributed by atoms with E-state index in [-0.39, 0.29) is 127 Å². The van der Waals surface area contributed by atoms with Crippen LogP contribution in [0.15, 0.2) is 66.4 Å². The topological polar surface area (TPSA) is 243 Å². The number of hydrogen-bond acceptors (Lipinski definition) is 13. The first-order valence-corrected chi connectivity index (χ1v) is 44.9. The quantitative estimate of drug-likeness (QED) is 0.0315. The van der Waals surface area contributed by atoms with Crippen LogP contribution >= 0.6 is 0 Å². The maximum atomic E-state index is 15.6. The molecule has 0 spiro atoms. The predicted octanol–water partition coefficient (Wildman–Crippen LogP) is 24.7. The highest BCUT2D eigenvalue weighted by atomic mass is 16.3. The Balaban J connectivity index is 2.08. The van der Waals surface area contributed by atoms with Gasteiger partial charge in [0.05, 0.1) is 29.1 Å². The molecule has 0 saturated carbocycles. The van der Waals surface area contributed by atoms with E-state index in [1.807, 2.05) is 25.7 Å². The van der Waals surface area contributed by atoms with Gasteiger partial charge in [-0.25, -0.2) is 4.85 Å². The molecule has 2 aromatic carbocycles. The van der Waals surface area contributed by atoms with E-state index in [4.69, 9.17) is 16.8 Å². The minimum Gasteiger partial charge on any atom is -0.503 e. The zero-order valence-electron chi connectivity index (χ0n) is 74.1. The Morgan fingerprint density at radius 1 is 0.421 bits per heavy atom. The van der Waals surface area contributed by atoms with E-state index in [0.717, 1.165) is 202 Å². The van der Waals surface area contributed by atoms with Crippen LogP contribution < -0.4 is 11.1 Å². The summed E-state index contributed by atoms with van der Waals surface area (Å²) in [6.45, 7) is 49.1. The first-order chi connectivity index (χ1) is 54.9. The number of unbranched alkanes of at least 4 members (excludes halogenated alkanes) is 7. The molecule has 2 aromatic heterocycles. The van der Waals surface area contributed by atoms with Crippen LogP contribution in [-0.4, -0.2) is 115 Å². The van der Waals surface area contributed by atoms with Crippen molar-refractivity contribution in [2.24, 2.45) is 67.8 Å². The maximum absolute atomic E-state index is 15.6. The summed E-state index contributed by atoms with van der Waals surface area (Å²) in [5.74, 6) is -0.595. The summed E-state index contributed by atoms with van der Waals surface area (Å²) < 4.78 is 1.71. The number of nitrogens with zero attached hydrogens (tertiary/aromatic N) is 12. The van der Waals surface area contributed by atoms with Gasteiger partial charge in [0.15, 0.2) is 11.6 Å². The average Bonchev–Trinajstić information content (AvgIpc) is 0.739. The number of carbonyl (C=O) groups excluding carboxylic acids is 4. The third-order valence-electron chi connectivity index (χ3n) is 24.1. The fourth-order valence-electron chi connectivity index (χ4n) is 16.0. The lowest BCUT2D eigenvalue weighted by Gasteiger charge is -2.32. The SMILES string of the molecule is [C-]#[N+]c1c(C)c(N=Nc2cc(C(=O)N(CC(CC)CCCC)CC(CC)CCCC)ccc2C(=O)N(CC(CC)CCC)CC(CC)CCCC)c(=O)n(CCn2c(O)c(C#N)c(C)c(N=Nc3cc(C(=O)N(CC(C)CCCC)CC(CC)CCCC)ccc3C(=O)N(CC(CC)CCCC)CC(CC)CCCC)c2=O)c1O. The van der Waals surface area contributed by atoms with E-state index in [0.29, 0.717) is 63.5 Å². The second kappa shape index (κ2) is 53.3. The highest BCUT2D eigenvalue weighted by Crippen LogP contribution is 2.38. The standard InChI is InChI=1S/C94H150N12O8/c1-20-35-43-67(16)59-101(61-71(29-10)44-36-21-2)87(107)77-50-52-79(90(110)104(65-75(33-14)48-40-25-6)66-76(34-15)49-41-26-7)82(56-77)97-99-85-68(17)81(58-95)91(111)105(93(85)113)54-55-106-92(112)84(96-19)69(18)86(94(106)114)100-98-83-57-78(88(108)102(62-72(30-11)45-37-22-3)63-73(31-12)46-38-23-4)51-53-80(83)89(109)103(60-70(28-9)42-27-8)64-74(32-13)47-39-24-5/h50-53,56-57,67,70-76,111-112H,20-49,54-55,59-66H2,1-18H3. The Morgan fingerprint density at radius 3 is 1.03 bits per heavy atom. The van der Waals surface area contributed by atoms with Crippen LogP contribution in [0, 0.1) is 79.1 Å². The Hall–Kier alpha value is -8.00. The Kier molecular flexibility index (Phi) is 46.0. The number of azo groups is 2. The molecule has 634 valence electrons. The van der Waals surface area contributed by atoms with Crippen molar-refractivity contribution in [2.75, 3.05) is 52.4 Å². The van der Waals surface area contributed by atoms with E-state index in [1.54, 1.807) is 36.4 Å². The van der Waals surface area contributed by atoms with Gasteiger partial charge in [0.25, 0.3) is 34.7 Å². The van der Waals surface area contributed by atoms with Gasteiger partial charge in [0.2, 0.25) is 11.6 Å². The average molecular weight is 1580 g/mol. The third kappa shape index (κ3) is 29.3. The van der Waals surface area contributed by atoms with Crippen LogP contribution in [0.4, 0.5) is 28.4 Å². The number of aromatic hydroxyl groups is 2. The smallest absolute Gasteiger partial charge is 0.281 e. The minimum atomic E-state index is -0.931. The molecule has 0 aliphatic heterocycles. The number of rotatable bonds is 57. The molecule has 4 rings (SSSR count). The molecule has 0 aliphatic carbocycles. The number of benzene rings is 2. The van der Waals surface area contributed by atoms with Gasteiger partial charge in [-0.1, -0.05) is 252 Å². The number of nitriles is 1. The lowest BCUT2D eigenvalue weighted by atomic mass is 9.94. The van der Waals surface area contributed by atoms with Crippen molar-refractivity contribution in [1.82, 2.24) is 28.7 Å². The van der Waals surface area contributed by atoms with Crippen molar-refractivity contribution in [1.29, 1.82) is 5.26 Å². The molecule has 4 aromatic rings. The molecule has 0 bridgehead atoms. The number of amides is 4. The Bertz CT molecular complexity index is 3850. The highest BCUT2D eigenvalue weighted by molar-refractivity contribution is 6.03. The fraction of sp³-hybridized carbons (Fsp3) is 0.702. The highest BCUT2D eigenvalue weighted by Gasteiger charge is 2.32. The summed E-state index contributed by atoms with van der Waals surface area (Å²) in [7, 11) is 0. The maximum Gasteiger partial charge on any atom is 0.281 e. The molecule has 4 amide bonds. The Labute approximate surface area is 687 Å². The fourth-order valence-corrected chi connectivity index (χ4v) is 16.0. The molecule has 2 N–H and O–H groups in total. The summed E-state index contributed by atoms with van der Waals surface area (Å²) in [6, 6.07) is 12.0. The summed E-state index contributed by atoms with van der Waals surface area (Å²) in [6.07, 6.45) is 29.1. The van der Waals surface area contributed by atoms with Crippen molar-refractivity contribution in [3.63, 3.8) is 0 Å². The molecule has 114 heavy (non-hydrogen) atoms. The monoisotopic (exact) mass is 1580 g/mol. The molecule has 2 heterocycles. The van der Waals surface area contributed by atoms with Gasteiger partial charge >= 0.3 is 0 Å². The zero-order valence-corrected chi connectivity index (χ0v) is 74.1. The molecule has 0 aliphatic rings. The second-order valence-corrected chi connectivity index (χ2v) is 33.0. The van der Waals surface area contributed by atoms with Gasteiger partial charge < -0.3 is 29.8 Å². The van der Waals surface area contributed by atoms with E-state index in [1.165, 1.54) is 13.8 Å². The molecule has 0 saturated heterocycles. The van der Waals surface area contributed by atoms with E-state index in [9.17, 15) is 15.5 Å². The largest absolute Gasteiger partial charge is 0.503 e. The zero-order chi connectivity index (χ0) is 84.4. The summed E-state index contributed by atoms with van der Waals surface area (Å²) >= 11 is 0. The van der Waals surface area contributed by atoms with Gasteiger partial charge in [-0.2, -0.15) is 5.26 Å². The summed E-state index contributed by atoms with van der Waals surface area (Å²) in [4.78, 5) is 104. The second-order valence-electron chi connectivity index (χ2n) is 33.0. The number of hydrogen-bond donors (Lipinski definition) is 2. The van der Waals surface area contributed by atoms with Crippen molar-refractivity contribution < 1.29 is 29.4 Å². The minimum absolute atomic E-state index is 0.0193. The molecule has 8 atom stereocenters. The first kappa shape index (κ1) is 98.4. The molecule has 20 heteroatoms. The van der Waals surface area contributed by atoms with Crippen LogP contribution in [0.25, 0.3) is 4.85 Å². The van der Waals surface area contributed by atoms with Crippen molar-refractivity contribution in [3.05, 3.63) is 107 Å². The molecule has 8 unspecified atom stereocenters. The van der Waals surface area contributed by atoms with Gasteiger partial charge in [-0.3, -0.25) is 37.9 Å². The van der Waals surface area contributed by atoms with Crippen LogP contribution in [-0.2, 0) is 13.1 Å². The van der Waals surface area contributed by atoms with Crippen molar-refractivity contribution in [2.45, 2.75) is 330 Å². The van der Waals surface area contributed by atoms with E-state index < -0.39 is 36.0 Å². The van der Waals surface area contributed by atoms with Gasteiger partial charge in [-0.05, 0) is 155 Å². The van der Waals surface area contributed by atoms with Gasteiger partial charge in [0, 0.05) is 82.1 Å². The van der Waals surface area contributed by atoms with E-state index >= 15 is 28.8 Å². The predicted molar refractivity (Wildman–Crippen MR) is 467 cm³/mol. The van der Waals surface area contributed by atoms with Crippen LogP contribution in [0.3, 0.4) is 0 Å². The van der Waals surface area contributed by atoms with Crippen LogP contribution in [0.5, 0.6) is 11.8 Å². The molecule has 0 fully saturated rings. The van der Waals surface area contributed by atoms with Gasteiger partial charge in [0.1, 0.15) is 17.3 Å². The van der Waals surface area contributed by atoms with Crippen molar-refractivity contribution in [3.8, 4) is 17.8 Å². The van der Waals surface area contributed by atoms with Gasteiger partial charge in [-0.15, -0.1) is 20.5 Å². The molecular formula is C94H150N12O8. The third-order valence-corrected chi connectivity index (χ3v) is 24.1. The van der Waals surface area contributed by atoms with Crippen LogP contribution in [0.2, 0.25) is 0 Å². The Morgan fingerprint density at radius 2 is 0.719 bits per heavy atom. The normalized spacial score (nSPS) is 13.8. The number of carbonyl (C=O) groups is 4.